The number of nitrogens with one attached hydrogen (secondary N) is 1. The number of hydrogen-bond donors (Lipinski definition) is 0. The molecule has 0 bridgehead atoms. The summed E-state index contributed by atoms with van der Waals surface area (Å²) in [5.41, 5.74) is 0.554. The molecule has 1 aliphatic rings. The standard InChI is InChI=1S/C16H15ClN4O2S/c17-14-3-1-2-4-15(14)24(22,23)21-9-7-20(8-10-21)16-6-5-13(11-18)12-19-16/h1-6,12H,7-10H2/p+1. The Labute approximate surface area is 146 Å². The molecule has 124 valence electrons. The Bertz CT molecular complexity index is 870. The molecule has 0 aliphatic carbocycles. The summed E-state index contributed by atoms with van der Waals surface area (Å²) in [5, 5.41) is 9.06. The summed E-state index contributed by atoms with van der Waals surface area (Å²) in [6.07, 6.45) is 1.64. The van der Waals surface area contributed by atoms with E-state index in [1.54, 1.807) is 30.5 Å². The van der Waals surface area contributed by atoms with Crippen molar-refractivity contribution in [1.29, 1.82) is 5.26 Å². The molecule has 1 N–H and O–H groups in total. The van der Waals surface area contributed by atoms with Gasteiger partial charge in [-0.05, 0) is 18.2 Å². The average molecular weight is 364 g/mol. The molecule has 3 rings (SSSR count). The van der Waals surface area contributed by atoms with Crippen LogP contribution in [-0.4, -0.2) is 38.9 Å². The number of nitrogens with zero attached hydrogens (tertiary/aromatic N) is 3. The van der Waals surface area contributed by atoms with Gasteiger partial charge in [0.1, 0.15) is 17.2 Å². The van der Waals surface area contributed by atoms with E-state index in [4.69, 9.17) is 16.9 Å². The molecule has 0 atom stereocenters. The molecule has 2 heterocycles. The SMILES string of the molecule is N#Cc1ccc(N2CCN(S(=O)(=O)c3ccccc3Cl)CC2)[nH+]c1. The van der Waals surface area contributed by atoms with Gasteiger partial charge in [0.15, 0.2) is 0 Å². The van der Waals surface area contributed by atoms with E-state index in [-0.39, 0.29) is 9.92 Å². The number of aromatic amines is 1. The molecule has 1 aliphatic heterocycles. The van der Waals surface area contributed by atoms with E-state index in [1.165, 1.54) is 10.4 Å². The summed E-state index contributed by atoms with van der Waals surface area (Å²) in [4.78, 5) is 5.27. The topological polar surface area (TPSA) is 78.5 Å². The maximum Gasteiger partial charge on any atom is 0.274 e. The Hall–Kier alpha value is -2.14. The zero-order chi connectivity index (χ0) is 17.2. The van der Waals surface area contributed by atoms with Crippen LogP contribution >= 0.6 is 11.6 Å². The van der Waals surface area contributed by atoms with Crippen molar-refractivity contribution in [1.82, 2.24) is 4.31 Å². The lowest BCUT2D eigenvalue weighted by atomic mass is 10.3. The number of pyridine rings is 1. The zero-order valence-electron chi connectivity index (χ0n) is 12.8. The second-order valence-corrected chi connectivity index (χ2v) is 7.71. The Balaban J connectivity index is 1.73. The first-order chi connectivity index (χ1) is 11.5. The van der Waals surface area contributed by atoms with Gasteiger partial charge in [-0.25, -0.2) is 13.4 Å². The second-order valence-electron chi connectivity index (χ2n) is 5.40. The minimum absolute atomic E-state index is 0.144. The van der Waals surface area contributed by atoms with Gasteiger partial charge in [-0.2, -0.15) is 9.57 Å². The van der Waals surface area contributed by atoms with E-state index in [2.05, 4.69) is 16.0 Å². The second kappa shape index (κ2) is 6.77. The first-order valence-electron chi connectivity index (χ1n) is 7.44. The third-order valence-electron chi connectivity index (χ3n) is 3.96. The van der Waals surface area contributed by atoms with Crippen molar-refractivity contribution >= 4 is 27.4 Å². The van der Waals surface area contributed by atoms with Crippen LogP contribution in [0.2, 0.25) is 5.02 Å². The van der Waals surface area contributed by atoms with Crippen molar-refractivity contribution in [3.05, 3.63) is 53.2 Å². The highest BCUT2D eigenvalue weighted by molar-refractivity contribution is 7.89. The largest absolute Gasteiger partial charge is 0.274 e. The van der Waals surface area contributed by atoms with Crippen LogP contribution in [0.15, 0.2) is 47.5 Å². The van der Waals surface area contributed by atoms with E-state index in [1.807, 2.05) is 6.07 Å². The molecule has 2 aromatic rings. The van der Waals surface area contributed by atoms with Crippen molar-refractivity contribution in [2.45, 2.75) is 4.90 Å². The number of piperazine rings is 1. The minimum atomic E-state index is -3.59. The summed E-state index contributed by atoms with van der Waals surface area (Å²) >= 11 is 6.03. The number of sulfonamides is 1. The van der Waals surface area contributed by atoms with Crippen molar-refractivity contribution < 1.29 is 13.4 Å². The number of aromatic nitrogens is 1. The van der Waals surface area contributed by atoms with Crippen LogP contribution in [0.25, 0.3) is 0 Å². The minimum Gasteiger partial charge on any atom is -0.259 e. The third-order valence-corrected chi connectivity index (χ3v) is 6.36. The predicted octanol–water partition coefficient (Wildman–Crippen LogP) is 1.54. The van der Waals surface area contributed by atoms with Gasteiger partial charge in [-0.15, -0.1) is 0 Å². The monoisotopic (exact) mass is 363 g/mol. The van der Waals surface area contributed by atoms with E-state index < -0.39 is 10.0 Å². The highest BCUT2D eigenvalue weighted by Crippen LogP contribution is 2.25. The van der Waals surface area contributed by atoms with Crippen LogP contribution in [0.1, 0.15) is 5.56 Å². The molecule has 8 heteroatoms. The fourth-order valence-corrected chi connectivity index (χ4v) is 4.56. The zero-order valence-corrected chi connectivity index (χ0v) is 14.4. The molecule has 0 saturated carbocycles. The van der Waals surface area contributed by atoms with Crippen LogP contribution in [-0.2, 0) is 10.0 Å². The summed E-state index contributed by atoms with van der Waals surface area (Å²) in [5.74, 6) is 0.865. The number of benzene rings is 1. The number of nitriles is 1. The number of rotatable bonds is 3. The van der Waals surface area contributed by atoms with Crippen molar-refractivity contribution in [2.75, 3.05) is 31.1 Å². The Morgan fingerprint density at radius 1 is 1.08 bits per heavy atom. The number of H-pyrrole nitrogens is 1. The first-order valence-corrected chi connectivity index (χ1v) is 9.25. The highest BCUT2D eigenvalue weighted by Gasteiger charge is 2.32. The maximum absolute atomic E-state index is 12.7. The molecule has 24 heavy (non-hydrogen) atoms. The average Bonchev–Trinajstić information content (AvgIpc) is 2.62. The molecule has 1 saturated heterocycles. The molecule has 6 nitrogen and oxygen atoms in total. The maximum atomic E-state index is 12.7. The summed E-state index contributed by atoms with van der Waals surface area (Å²) in [6, 6.07) is 12.1. The van der Waals surface area contributed by atoms with Gasteiger partial charge in [0.2, 0.25) is 10.0 Å². The number of halogens is 1. The molecule has 0 amide bonds. The third kappa shape index (κ3) is 3.22. The van der Waals surface area contributed by atoms with Gasteiger partial charge in [0, 0.05) is 6.07 Å². The molecular formula is C16H16ClN4O2S+. The van der Waals surface area contributed by atoms with Gasteiger partial charge in [-0.1, -0.05) is 23.7 Å². The lowest BCUT2D eigenvalue weighted by molar-refractivity contribution is -0.364. The molecule has 1 aromatic heterocycles. The van der Waals surface area contributed by atoms with Crippen molar-refractivity contribution in [3.63, 3.8) is 0 Å². The van der Waals surface area contributed by atoms with Crippen LogP contribution in [0, 0.1) is 11.3 Å². The van der Waals surface area contributed by atoms with Gasteiger partial charge >= 0.3 is 0 Å². The fraction of sp³-hybridized carbons (Fsp3) is 0.250. The molecule has 1 aromatic carbocycles. The quantitative estimate of drug-likeness (QED) is 0.828. The van der Waals surface area contributed by atoms with Crippen molar-refractivity contribution in [2.24, 2.45) is 0 Å². The Kier molecular flexibility index (Phi) is 4.71. The van der Waals surface area contributed by atoms with Crippen LogP contribution in [0.3, 0.4) is 0 Å². The number of hydrogen-bond acceptors (Lipinski definition) is 4. The van der Waals surface area contributed by atoms with Crippen LogP contribution < -0.4 is 9.88 Å². The Morgan fingerprint density at radius 3 is 2.38 bits per heavy atom. The smallest absolute Gasteiger partial charge is 0.259 e. The Morgan fingerprint density at radius 2 is 1.79 bits per heavy atom. The van der Waals surface area contributed by atoms with E-state index in [0.717, 1.165) is 5.82 Å². The van der Waals surface area contributed by atoms with Crippen LogP contribution in [0.4, 0.5) is 5.82 Å². The molecule has 1 fully saturated rings. The molecule has 0 radical (unpaired) electrons. The normalized spacial score (nSPS) is 15.9. The van der Waals surface area contributed by atoms with E-state index in [9.17, 15) is 8.42 Å². The molecular weight excluding hydrogens is 348 g/mol. The summed E-state index contributed by atoms with van der Waals surface area (Å²) < 4.78 is 26.9. The van der Waals surface area contributed by atoms with E-state index >= 15 is 0 Å². The predicted molar refractivity (Wildman–Crippen MR) is 90.1 cm³/mol. The molecule has 0 spiro atoms. The lowest BCUT2D eigenvalue weighted by Gasteiger charge is -2.30. The van der Waals surface area contributed by atoms with Gasteiger partial charge in [-0.3, -0.25) is 4.90 Å². The molecule has 0 unspecified atom stereocenters. The van der Waals surface area contributed by atoms with Gasteiger partial charge in [0.25, 0.3) is 5.82 Å². The first kappa shape index (κ1) is 16.7. The summed E-state index contributed by atoms with van der Waals surface area (Å²) in [6.45, 7) is 1.88. The van der Waals surface area contributed by atoms with Crippen LogP contribution in [0.5, 0.6) is 0 Å². The highest BCUT2D eigenvalue weighted by atomic mass is 35.5. The number of anilines is 1. The summed E-state index contributed by atoms with van der Waals surface area (Å²) in [7, 11) is -3.59. The fourth-order valence-electron chi connectivity index (χ4n) is 2.65. The van der Waals surface area contributed by atoms with Gasteiger partial charge in [0.05, 0.1) is 36.8 Å². The van der Waals surface area contributed by atoms with Gasteiger partial charge < -0.3 is 0 Å². The lowest BCUT2D eigenvalue weighted by Crippen LogP contribution is -2.49. The van der Waals surface area contributed by atoms with E-state index in [0.29, 0.717) is 31.7 Å². The van der Waals surface area contributed by atoms with Crippen molar-refractivity contribution in [3.8, 4) is 6.07 Å².